The van der Waals surface area contributed by atoms with Crippen molar-refractivity contribution in [1.82, 2.24) is 10.2 Å². The first-order valence-corrected chi connectivity index (χ1v) is 10.4. The number of benzene rings is 1. The van der Waals surface area contributed by atoms with E-state index in [1.807, 2.05) is 12.1 Å². The molecule has 5 rings (SSSR count). The molecule has 1 aromatic carbocycles. The molecule has 140 valence electrons. The van der Waals surface area contributed by atoms with Gasteiger partial charge >= 0.3 is 0 Å². The highest BCUT2D eigenvalue weighted by molar-refractivity contribution is 5.74. The molecule has 0 aromatic heterocycles. The van der Waals surface area contributed by atoms with E-state index in [-0.39, 0.29) is 0 Å². The summed E-state index contributed by atoms with van der Waals surface area (Å²) in [6.45, 7) is 3.09. The lowest BCUT2D eigenvalue weighted by molar-refractivity contribution is 0.0329. The Morgan fingerprint density at radius 1 is 1.19 bits per heavy atom. The highest BCUT2D eigenvalue weighted by atomic mass is 16.3. The zero-order valence-corrected chi connectivity index (χ0v) is 15.6. The molecule has 3 aliphatic heterocycles. The fourth-order valence-electron chi connectivity index (χ4n) is 6.26. The largest absolute Gasteiger partial charge is 0.374 e. The lowest BCUT2D eigenvalue weighted by Crippen LogP contribution is -2.51. The highest BCUT2D eigenvalue weighted by Gasteiger charge is 2.67. The average molecular weight is 354 g/mol. The Hall–Kier alpha value is -1.23. The summed E-state index contributed by atoms with van der Waals surface area (Å²) in [6.07, 6.45) is 8.60. The second-order valence-electron chi connectivity index (χ2n) is 9.14. The molecule has 0 radical (unpaired) electrons. The Bertz CT molecular complexity index is 690. The van der Waals surface area contributed by atoms with Crippen LogP contribution in [-0.2, 0) is 0 Å². The smallest absolute Gasteiger partial charge is 0.150 e. The monoisotopic (exact) mass is 354 g/mol. The molecule has 0 amide bonds. The van der Waals surface area contributed by atoms with E-state index >= 15 is 0 Å². The van der Waals surface area contributed by atoms with Crippen molar-refractivity contribution in [1.29, 1.82) is 0 Å². The third-order valence-electron chi connectivity index (χ3n) is 7.88. The molecule has 4 aliphatic rings. The molecule has 26 heavy (non-hydrogen) atoms. The SMILES string of the molecule is CC(c1ccc(C=O)cc1)C1CC(C2CCC3CCCC3N2)C2(O)CN12. The Balaban J connectivity index is 1.31. The molecule has 0 bridgehead atoms. The first kappa shape index (κ1) is 16.9. The summed E-state index contributed by atoms with van der Waals surface area (Å²) >= 11 is 0. The predicted octanol–water partition coefficient (Wildman–Crippen LogP) is 2.92. The number of nitrogens with one attached hydrogen (secondary N) is 1. The zero-order valence-electron chi connectivity index (χ0n) is 15.6. The minimum atomic E-state index is -0.579. The van der Waals surface area contributed by atoms with Gasteiger partial charge in [0.2, 0.25) is 0 Å². The fraction of sp³-hybridized carbons (Fsp3) is 0.682. The number of fused-ring (bicyclic) bond motifs is 2. The topological polar surface area (TPSA) is 52.3 Å². The van der Waals surface area contributed by atoms with Crippen molar-refractivity contribution in [3.63, 3.8) is 0 Å². The van der Waals surface area contributed by atoms with Gasteiger partial charge in [-0.05, 0) is 49.5 Å². The minimum Gasteiger partial charge on any atom is -0.374 e. The van der Waals surface area contributed by atoms with Gasteiger partial charge in [-0.3, -0.25) is 9.69 Å². The van der Waals surface area contributed by atoms with Gasteiger partial charge in [-0.2, -0.15) is 0 Å². The number of hydrogen-bond donors (Lipinski definition) is 2. The van der Waals surface area contributed by atoms with Crippen molar-refractivity contribution in [2.75, 3.05) is 6.54 Å². The van der Waals surface area contributed by atoms with Crippen LogP contribution in [0, 0.1) is 11.8 Å². The molecule has 4 heteroatoms. The number of carbonyl (C=O) groups excluding carboxylic acids is 1. The van der Waals surface area contributed by atoms with Crippen LogP contribution in [0.4, 0.5) is 0 Å². The van der Waals surface area contributed by atoms with Gasteiger partial charge in [0, 0.05) is 36.2 Å². The summed E-state index contributed by atoms with van der Waals surface area (Å²) in [5.41, 5.74) is 1.42. The maximum absolute atomic E-state index is 11.2. The molecule has 8 unspecified atom stereocenters. The maximum Gasteiger partial charge on any atom is 0.150 e. The van der Waals surface area contributed by atoms with Gasteiger partial charge in [0.1, 0.15) is 12.0 Å². The molecule has 8 atom stereocenters. The van der Waals surface area contributed by atoms with E-state index in [1.165, 1.54) is 37.7 Å². The minimum absolute atomic E-state index is 0.353. The second kappa shape index (κ2) is 6.15. The van der Waals surface area contributed by atoms with E-state index in [1.54, 1.807) is 0 Å². The number of piperidine rings is 2. The molecule has 4 nitrogen and oxygen atoms in total. The summed E-state index contributed by atoms with van der Waals surface area (Å²) in [5.74, 6) is 1.60. The van der Waals surface area contributed by atoms with Crippen LogP contribution in [0.1, 0.15) is 67.3 Å². The standard InChI is InChI=1S/C22H30N2O2/c1-14(16-7-5-15(12-25)6-8-16)21-11-18(22(26)13-24(21)22)20-10-9-17-3-2-4-19(17)23-20/h5-8,12,14,17-21,23,26H,2-4,9-11,13H2,1H3. The molecule has 1 aliphatic carbocycles. The van der Waals surface area contributed by atoms with Crippen LogP contribution < -0.4 is 5.32 Å². The summed E-state index contributed by atoms with van der Waals surface area (Å²) in [6, 6.07) is 9.52. The van der Waals surface area contributed by atoms with E-state index in [0.29, 0.717) is 30.0 Å². The van der Waals surface area contributed by atoms with E-state index in [2.05, 4.69) is 29.3 Å². The van der Waals surface area contributed by atoms with Crippen LogP contribution in [0.15, 0.2) is 24.3 Å². The summed E-state index contributed by atoms with van der Waals surface area (Å²) in [5, 5.41) is 15.1. The van der Waals surface area contributed by atoms with Crippen molar-refractivity contribution in [2.24, 2.45) is 11.8 Å². The Morgan fingerprint density at radius 3 is 2.77 bits per heavy atom. The van der Waals surface area contributed by atoms with Gasteiger partial charge < -0.3 is 10.4 Å². The van der Waals surface area contributed by atoms with E-state index in [9.17, 15) is 9.90 Å². The van der Waals surface area contributed by atoms with Crippen LogP contribution in [0.25, 0.3) is 0 Å². The highest BCUT2D eigenvalue weighted by Crippen LogP contribution is 2.55. The number of hydrogen-bond acceptors (Lipinski definition) is 4. The number of nitrogens with zero attached hydrogens (tertiary/aromatic N) is 1. The van der Waals surface area contributed by atoms with E-state index in [4.69, 9.17) is 0 Å². The normalized spacial score (nSPS) is 45.0. The molecule has 2 N–H and O–H groups in total. The van der Waals surface area contributed by atoms with Crippen LogP contribution in [0.2, 0.25) is 0 Å². The molecule has 4 fully saturated rings. The summed E-state index contributed by atoms with van der Waals surface area (Å²) in [7, 11) is 0. The third-order valence-corrected chi connectivity index (χ3v) is 7.88. The predicted molar refractivity (Wildman–Crippen MR) is 101 cm³/mol. The van der Waals surface area contributed by atoms with Crippen LogP contribution in [0.5, 0.6) is 0 Å². The lowest BCUT2D eigenvalue weighted by atomic mass is 9.79. The van der Waals surface area contributed by atoms with Gasteiger partial charge in [0.25, 0.3) is 0 Å². The van der Waals surface area contributed by atoms with Crippen LogP contribution in [0.3, 0.4) is 0 Å². The number of carbonyl (C=O) groups is 1. The Morgan fingerprint density at radius 2 is 2.00 bits per heavy atom. The quantitative estimate of drug-likeness (QED) is 0.645. The Kier molecular flexibility index (Phi) is 4.00. The molecule has 3 saturated heterocycles. The zero-order chi connectivity index (χ0) is 17.9. The molecule has 1 aromatic rings. The Labute approximate surface area is 156 Å². The molecular weight excluding hydrogens is 324 g/mol. The number of aliphatic hydroxyl groups is 1. The number of aldehydes is 1. The second-order valence-corrected chi connectivity index (χ2v) is 9.14. The van der Waals surface area contributed by atoms with Crippen molar-refractivity contribution in [2.45, 2.75) is 75.2 Å². The van der Waals surface area contributed by atoms with Gasteiger partial charge in [-0.25, -0.2) is 0 Å². The molecule has 3 heterocycles. The number of rotatable bonds is 4. The third kappa shape index (κ3) is 2.57. The van der Waals surface area contributed by atoms with E-state index < -0.39 is 5.72 Å². The van der Waals surface area contributed by atoms with Gasteiger partial charge in [-0.15, -0.1) is 0 Å². The van der Waals surface area contributed by atoms with E-state index in [0.717, 1.165) is 30.7 Å². The fourth-order valence-corrected chi connectivity index (χ4v) is 6.26. The van der Waals surface area contributed by atoms with Crippen LogP contribution in [-0.4, -0.2) is 46.7 Å². The van der Waals surface area contributed by atoms with Crippen molar-refractivity contribution < 1.29 is 9.90 Å². The van der Waals surface area contributed by atoms with Crippen molar-refractivity contribution >= 4 is 6.29 Å². The molecule has 1 saturated carbocycles. The summed E-state index contributed by atoms with van der Waals surface area (Å²) < 4.78 is 0. The lowest BCUT2D eigenvalue weighted by Gasteiger charge is -2.38. The molecule has 0 spiro atoms. The van der Waals surface area contributed by atoms with Gasteiger partial charge in [-0.1, -0.05) is 37.6 Å². The van der Waals surface area contributed by atoms with Crippen molar-refractivity contribution in [3.05, 3.63) is 35.4 Å². The maximum atomic E-state index is 11.2. The van der Waals surface area contributed by atoms with Crippen LogP contribution >= 0.6 is 0 Å². The van der Waals surface area contributed by atoms with Gasteiger partial charge in [0.15, 0.2) is 0 Å². The first-order valence-electron chi connectivity index (χ1n) is 10.4. The average Bonchev–Trinajstić information content (AvgIpc) is 3.04. The molecular formula is C22H30N2O2. The first-order chi connectivity index (χ1) is 12.6. The van der Waals surface area contributed by atoms with Gasteiger partial charge in [0.05, 0.1) is 0 Å². The summed E-state index contributed by atoms with van der Waals surface area (Å²) in [4.78, 5) is 13.2. The van der Waals surface area contributed by atoms with Crippen molar-refractivity contribution in [3.8, 4) is 0 Å².